The number of benzene rings is 2. The van der Waals surface area contributed by atoms with Crippen LogP contribution in [0.3, 0.4) is 0 Å². The summed E-state index contributed by atoms with van der Waals surface area (Å²) < 4.78 is 8.14. The first-order valence-corrected chi connectivity index (χ1v) is 9.26. The molecule has 0 aliphatic heterocycles. The minimum atomic E-state index is -0.174. The standard InChI is InChI=1S/C21H21BrN2O2/c1-14-11-18(22)9-10-20(14)26-13-21(25)24-16(3)19(15(2)23-24)12-17-7-5-4-6-8-17/h4-11H,12-13H2,1-3H3. The number of rotatable bonds is 5. The van der Waals surface area contributed by atoms with Crippen molar-refractivity contribution in [2.45, 2.75) is 27.2 Å². The number of aromatic nitrogens is 2. The number of halogens is 1. The predicted molar refractivity (Wildman–Crippen MR) is 106 cm³/mol. The zero-order valence-electron chi connectivity index (χ0n) is 15.1. The zero-order chi connectivity index (χ0) is 18.7. The Kier molecular flexibility index (Phi) is 5.57. The van der Waals surface area contributed by atoms with E-state index in [0.717, 1.165) is 33.4 Å². The summed E-state index contributed by atoms with van der Waals surface area (Å²) in [7, 11) is 0. The van der Waals surface area contributed by atoms with Gasteiger partial charge in [0.05, 0.1) is 5.69 Å². The Morgan fingerprint density at radius 2 is 1.85 bits per heavy atom. The first-order chi connectivity index (χ1) is 12.5. The molecule has 0 radical (unpaired) electrons. The minimum Gasteiger partial charge on any atom is -0.483 e. The summed E-state index contributed by atoms with van der Waals surface area (Å²) in [5.74, 6) is 0.528. The van der Waals surface area contributed by atoms with E-state index in [9.17, 15) is 4.79 Å². The summed E-state index contributed by atoms with van der Waals surface area (Å²) >= 11 is 3.42. The normalized spacial score (nSPS) is 10.8. The van der Waals surface area contributed by atoms with Crippen LogP contribution in [0.4, 0.5) is 0 Å². The molecule has 0 N–H and O–H groups in total. The quantitative estimate of drug-likeness (QED) is 0.599. The molecular weight excluding hydrogens is 392 g/mol. The SMILES string of the molecule is Cc1cc(Br)ccc1OCC(=O)n1nc(C)c(Cc2ccccc2)c1C. The molecule has 4 nitrogen and oxygen atoms in total. The fourth-order valence-corrected chi connectivity index (χ4v) is 3.42. The Hall–Kier alpha value is -2.40. The van der Waals surface area contributed by atoms with Gasteiger partial charge in [0.25, 0.3) is 5.91 Å². The Morgan fingerprint density at radius 3 is 2.54 bits per heavy atom. The lowest BCUT2D eigenvalue weighted by molar-refractivity contribution is 0.0817. The van der Waals surface area contributed by atoms with Crippen LogP contribution in [0.15, 0.2) is 53.0 Å². The molecular formula is C21H21BrN2O2. The van der Waals surface area contributed by atoms with Crippen molar-refractivity contribution in [2.24, 2.45) is 0 Å². The third-order valence-corrected chi connectivity index (χ3v) is 4.88. The second-order valence-electron chi connectivity index (χ2n) is 6.32. The fourth-order valence-electron chi connectivity index (χ4n) is 2.95. The number of aryl methyl sites for hydroxylation is 2. The van der Waals surface area contributed by atoms with Gasteiger partial charge < -0.3 is 4.74 Å². The molecule has 0 amide bonds. The van der Waals surface area contributed by atoms with Gasteiger partial charge >= 0.3 is 0 Å². The van der Waals surface area contributed by atoms with Crippen molar-refractivity contribution in [1.29, 1.82) is 0 Å². The van der Waals surface area contributed by atoms with Gasteiger partial charge in [0, 0.05) is 22.2 Å². The van der Waals surface area contributed by atoms with Gasteiger partial charge in [-0.2, -0.15) is 5.10 Å². The number of hydrogen-bond donors (Lipinski definition) is 0. The molecule has 0 aliphatic rings. The number of ether oxygens (including phenoxy) is 1. The number of nitrogens with zero attached hydrogens (tertiary/aromatic N) is 2. The Bertz CT molecular complexity index is 933. The monoisotopic (exact) mass is 412 g/mol. The van der Waals surface area contributed by atoms with Crippen LogP contribution in [0.25, 0.3) is 0 Å². The van der Waals surface area contributed by atoms with Gasteiger partial charge in [-0.05, 0) is 50.1 Å². The molecule has 1 aromatic heterocycles. The lowest BCUT2D eigenvalue weighted by Crippen LogP contribution is -2.22. The third-order valence-electron chi connectivity index (χ3n) is 4.39. The van der Waals surface area contributed by atoms with Crippen LogP contribution in [-0.2, 0) is 6.42 Å². The van der Waals surface area contributed by atoms with Crippen LogP contribution < -0.4 is 4.74 Å². The molecule has 3 aromatic rings. The van der Waals surface area contributed by atoms with E-state index in [1.807, 2.05) is 57.2 Å². The maximum absolute atomic E-state index is 12.6. The molecule has 0 atom stereocenters. The van der Waals surface area contributed by atoms with Gasteiger partial charge in [-0.1, -0.05) is 46.3 Å². The van der Waals surface area contributed by atoms with E-state index in [-0.39, 0.29) is 12.5 Å². The maximum Gasteiger partial charge on any atom is 0.284 e. The topological polar surface area (TPSA) is 44.1 Å². The molecule has 26 heavy (non-hydrogen) atoms. The molecule has 0 fully saturated rings. The van der Waals surface area contributed by atoms with E-state index < -0.39 is 0 Å². The highest BCUT2D eigenvalue weighted by atomic mass is 79.9. The first kappa shape index (κ1) is 18.4. The second-order valence-corrected chi connectivity index (χ2v) is 7.23. The summed E-state index contributed by atoms with van der Waals surface area (Å²) in [6.07, 6.45) is 0.762. The molecule has 0 bridgehead atoms. The van der Waals surface area contributed by atoms with Gasteiger partial charge in [-0.15, -0.1) is 0 Å². The van der Waals surface area contributed by atoms with Crippen LogP contribution in [0, 0.1) is 20.8 Å². The molecule has 5 heteroatoms. The fraction of sp³-hybridized carbons (Fsp3) is 0.238. The van der Waals surface area contributed by atoms with Crippen molar-refractivity contribution >= 4 is 21.8 Å². The van der Waals surface area contributed by atoms with Gasteiger partial charge in [0.15, 0.2) is 6.61 Å². The van der Waals surface area contributed by atoms with Gasteiger partial charge in [0.1, 0.15) is 5.75 Å². The van der Waals surface area contributed by atoms with Crippen LogP contribution in [-0.4, -0.2) is 22.3 Å². The summed E-state index contributed by atoms with van der Waals surface area (Å²) in [6.45, 7) is 5.77. The van der Waals surface area contributed by atoms with Crippen LogP contribution in [0.2, 0.25) is 0 Å². The van der Waals surface area contributed by atoms with E-state index >= 15 is 0 Å². The van der Waals surface area contributed by atoms with Crippen molar-refractivity contribution in [3.8, 4) is 5.75 Å². The highest BCUT2D eigenvalue weighted by molar-refractivity contribution is 9.10. The van der Waals surface area contributed by atoms with Crippen LogP contribution in [0.5, 0.6) is 5.75 Å². The molecule has 0 unspecified atom stereocenters. The molecule has 0 saturated carbocycles. The van der Waals surface area contributed by atoms with E-state index in [4.69, 9.17) is 4.74 Å². The molecule has 3 rings (SSSR count). The van der Waals surface area contributed by atoms with Crippen molar-refractivity contribution in [1.82, 2.24) is 9.78 Å². The molecule has 134 valence electrons. The average molecular weight is 413 g/mol. The van der Waals surface area contributed by atoms with E-state index in [1.165, 1.54) is 10.2 Å². The number of hydrogen-bond acceptors (Lipinski definition) is 3. The van der Waals surface area contributed by atoms with Crippen molar-refractivity contribution < 1.29 is 9.53 Å². The molecule has 1 heterocycles. The Balaban J connectivity index is 1.74. The van der Waals surface area contributed by atoms with Crippen molar-refractivity contribution in [3.05, 3.63) is 81.1 Å². The Morgan fingerprint density at radius 1 is 1.12 bits per heavy atom. The largest absolute Gasteiger partial charge is 0.483 e. The van der Waals surface area contributed by atoms with Gasteiger partial charge in [-0.3, -0.25) is 4.79 Å². The summed E-state index contributed by atoms with van der Waals surface area (Å²) in [6, 6.07) is 15.9. The van der Waals surface area contributed by atoms with E-state index in [2.05, 4.69) is 33.2 Å². The Labute approximate surface area is 161 Å². The van der Waals surface area contributed by atoms with E-state index in [0.29, 0.717) is 5.75 Å². The smallest absolute Gasteiger partial charge is 0.284 e. The van der Waals surface area contributed by atoms with Crippen LogP contribution in [0.1, 0.15) is 32.9 Å². The van der Waals surface area contributed by atoms with Gasteiger partial charge in [-0.25, -0.2) is 4.68 Å². The van der Waals surface area contributed by atoms with Gasteiger partial charge in [0.2, 0.25) is 0 Å². The zero-order valence-corrected chi connectivity index (χ0v) is 16.7. The summed E-state index contributed by atoms with van der Waals surface area (Å²) in [5.41, 5.74) is 5.01. The summed E-state index contributed by atoms with van der Waals surface area (Å²) in [4.78, 5) is 12.6. The minimum absolute atomic E-state index is 0.0464. The molecule has 0 saturated heterocycles. The van der Waals surface area contributed by atoms with Crippen molar-refractivity contribution in [3.63, 3.8) is 0 Å². The summed E-state index contributed by atoms with van der Waals surface area (Å²) in [5, 5.41) is 4.43. The van der Waals surface area contributed by atoms with Crippen LogP contribution >= 0.6 is 15.9 Å². The lowest BCUT2D eigenvalue weighted by atomic mass is 10.0. The average Bonchev–Trinajstić information content (AvgIpc) is 2.90. The number of carbonyl (C=O) groups excluding carboxylic acids is 1. The second kappa shape index (κ2) is 7.87. The molecule has 0 spiro atoms. The third kappa shape index (κ3) is 4.05. The molecule has 2 aromatic carbocycles. The molecule has 0 aliphatic carbocycles. The highest BCUT2D eigenvalue weighted by Crippen LogP contribution is 2.22. The maximum atomic E-state index is 12.6. The first-order valence-electron chi connectivity index (χ1n) is 8.47. The highest BCUT2D eigenvalue weighted by Gasteiger charge is 2.17. The lowest BCUT2D eigenvalue weighted by Gasteiger charge is -2.09. The number of carbonyl (C=O) groups is 1. The predicted octanol–water partition coefficient (Wildman–Crippen LogP) is 4.88. The van der Waals surface area contributed by atoms with E-state index in [1.54, 1.807) is 0 Å². The van der Waals surface area contributed by atoms with Crippen molar-refractivity contribution in [2.75, 3.05) is 6.61 Å².